The van der Waals surface area contributed by atoms with Crippen molar-refractivity contribution in [2.45, 2.75) is 38.9 Å². The smallest absolute Gasteiger partial charge is 0.191 e. The first-order valence-corrected chi connectivity index (χ1v) is 10.5. The number of halogens is 1. The molecule has 0 aromatic heterocycles. The van der Waals surface area contributed by atoms with Crippen molar-refractivity contribution in [1.82, 2.24) is 15.5 Å². The second kappa shape index (κ2) is 10.8. The SMILES string of the molecule is CCNC(=NCc1ccc(C#N)cc1)NC1CCN(Cc2ccc(Cl)cc2)CC1. The Bertz CT molecular complexity index is 831. The highest BCUT2D eigenvalue weighted by atomic mass is 35.5. The first kappa shape index (κ1) is 21.2. The molecule has 0 spiro atoms. The van der Waals surface area contributed by atoms with E-state index in [1.807, 2.05) is 36.4 Å². The van der Waals surface area contributed by atoms with Crippen LogP contribution in [-0.4, -0.2) is 36.5 Å². The summed E-state index contributed by atoms with van der Waals surface area (Å²) >= 11 is 5.97. The van der Waals surface area contributed by atoms with E-state index < -0.39 is 0 Å². The number of hydrogen-bond acceptors (Lipinski definition) is 3. The number of aliphatic imine (C=N–C) groups is 1. The second-order valence-electron chi connectivity index (χ2n) is 7.33. The van der Waals surface area contributed by atoms with Gasteiger partial charge in [0.05, 0.1) is 18.2 Å². The molecule has 0 radical (unpaired) electrons. The summed E-state index contributed by atoms with van der Waals surface area (Å²) in [6, 6.07) is 18.3. The fraction of sp³-hybridized carbons (Fsp3) is 0.391. The van der Waals surface area contributed by atoms with Gasteiger partial charge in [0.15, 0.2) is 5.96 Å². The first-order chi connectivity index (χ1) is 14.2. The fourth-order valence-electron chi connectivity index (χ4n) is 3.45. The molecule has 29 heavy (non-hydrogen) atoms. The van der Waals surface area contributed by atoms with E-state index in [9.17, 15) is 0 Å². The predicted octanol–water partition coefficient (Wildman–Crippen LogP) is 3.93. The van der Waals surface area contributed by atoms with E-state index in [1.165, 1.54) is 5.56 Å². The Hall–Kier alpha value is -2.55. The lowest BCUT2D eigenvalue weighted by Gasteiger charge is -2.33. The van der Waals surface area contributed by atoms with E-state index in [1.54, 1.807) is 0 Å². The molecule has 0 unspecified atom stereocenters. The maximum absolute atomic E-state index is 8.90. The molecule has 5 nitrogen and oxygen atoms in total. The highest BCUT2D eigenvalue weighted by Gasteiger charge is 2.20. The molecule has 0 amide bonds. The summed E-state index contributed by atoms with van der Waals surface area (Å²) in [4.78, 5) is 7.20. The van der Waals surface area contributed by atoms with Gasteiger partial charge in [-0.3, -0.25) is 4.90 Å². The van der Waals surface area contributed by atoms with Gasteiger partial charge in [0.1, 0.15) is 0 Å². The van der Waals surface area contributed by atoms with Crippen LogP contribution in [0.4, 0.5) is 0 Å². The summed E-state index contributed by atoms with van der Waals surface area (Å²) in [5.74, 6) is 0.855. The summed E-state index contributed by atoms with van der Waals surface area (Å²) in [7, 11) is 0. The van der Waals surface area contributed by atoms with Crippen molar-refractivity contribution in [3.63, 3.8) is 0 Å². The third kappa shape index (κ3) is 6.77. The minimum absolute atomic E-state index is 0.426. The molecule has 0 bridgehead atoms. The Labute approximate surface area is 178 Å². The topological polar surface area (TPSA) is 63.5 Å². The quantitative estimate of drug-likeness (QED) is 0.560. The van der Waals surface area contributed by atoms with Crippen LogP contribution in [0.25, 0.3) is 0 Å². The number of rotatable bonds is 6. The maximum atomic E-state index is 8.90. The summed E-state index contributed by atoms with van der Waals surface area (Å²) < 4.78 is 0. The van der Waals surface area contributed by atoms with E-state index in [0.717, 1.165) is 55.6 Å². The molecule has 1 heterocycles. The molecule has 2 aromatic carbocycles. The summed E-state index contributed by atoms with van der Waals surface area (Å²) in [5, 5.41) is 16.6. The lowest BCUT2D eigenvalue weighted by molar-refractivity contribution is 0.198. The number of nitrogens with zero attached hydrogens (tertiary/aromatic N) is 3. The van der Waals surface area contributed by atoms with Crippen LogP contribution < -0.4 is 10.6 Å². The minimum Gasteiger partial charge on any atom is -0.357 e. The van der Waals surface area contributed by atoms with Gasteiger partial charge in [0, 0.05) is 37.2 Å². The molecule has 1 saturated heterocycles. The summed E-state index contributed by atoms with van der Waals surface area (Å²) in [6.45, 7) is 6.60. The zero-order valence-electron chi connectivity index (χ0n) is 16.9. The molecule has 6 heteroatoms. The van der Waals surface area contributed by atoms with Crippen LogP contribution in [0.3, 0.4) is 0 Å². The highest BCUT2D eigenvalue weighted by molar-refractivity contribution is 6.30. The Morgan fingerprint density at radius 1 is 1.10 bits per heavy atom. The van der Waals surface area contributed by atoms with E-state index in [4.69, 9.17) is 21.9 Å². The van der Waals surface area contributed by atoms with Crippen LogP contribution in [0.1, 0.15) is 36.5 Å². The van der Waals surface area contributed by atoms with Crippen molar-refractivity contribution in [3.05, 3.63) is 70.2 Å². The van der Waals surface area contributed by atoms with Gasteiger partial charge in [-0.25, -0.2) is 4.99 Å². The molecular formula is C23H28ClN5. The van der Waals surface area contributed by atoms with E-state index >= 15 is 0 Å². The Morgan fingerprint density at radius 2 is 1.76 bits per heavy atom. The van der Waals surface area contributed by atoms with E-state index in [0.29, 0.717) is 18.2 Å². The fourth-order valence-corrected chi connectivity index (χ4v) is 3.58. The monoisotopic (exact) mass is 409 g/mol. The standard InChI is InChI=1S/C23H28ClN5/c1-2-26-23(27-16-19-5-3-18(15-25)4-6-19)28-22-11-13-29(14-12-22)17-20-7-9-21(24)10-8-20/h3-10,22H,2,11-14,16-17H2,1H3,(H2,26,27,28). The maximum Gasteiger partial charge on any atom is 0.191 e. The number of benzene rings is 2. The summed E-state index contributed by atoms with van der Waals surface area (Å²) in [6.07, 6.45) is 2.18. The van der Waals surface area contributed by atoms with Crippen molar-refractivity contribution >= 4 is 17.6 Å². The molecule has 152 valence electrons. The van der Waals surface area contributed by atoms with Gasteiger partial charge in [0.25, 0.3) is 0 Å². The third-order valence-corrected chi connectivity index (χ3v) is 5.35. The van der Waals surface area contributed by atoms with Crippen LogP contribution in [0, 0.1) is 11.3 Å². The summed E-state index contributed by atoms with van der Waals surface area (Å²) in [5.41, 5.74) is 3.07. The van der Waals surface area contributed by atoms with Crippen molar-refractivity contribution in [3.8, 4) is 6.07 Å². The van der Waals surface area contributed by atoms with Gasteiger partial charge < -0.3 is 10.6 Å². The van der Waals surface area contributed by atoms with E-state index in [2.05, 4.69) is 40.7 Å². The molecule has 0 saturated carbocycles. The Balaban J connectivity index is 1.49. The van der Waals surface area contributed by atoms with Gasteiger partial charge in [0.2, 0.25) is 0 Å². The molecule has 1 aliphatic heterocycles. The zero-order valence-corrected chi connectivity index (χ0v) is 17.6. The Kier molecular flexibility index (Phi) is 7.92. The Morgan fingerprint density at radius 3 is 2.38 bits per heavy atom. The van der Waals surface area contributed by atoms with Crippen LogP contribution >= 0.6 is 11.6 Å². The molecule has 0 atom stereocenters. The van der Waals surface area contributed by atoms with Gasteiger partial charge in [-0.15, -0.1) is 0 Å². The lowest BCUT2D eigenvalue weighted by atomic mass is 10.0. The zero-order chi connectivity index (χ0) is 20.5. The molecular weight excluding hydrogens is 382 g/mol. The van der Waals surface area contributed by atoms with Crippen LogP contribution in [0.5, 0.6) is 0 Å². The van der Waals surface area contributed by atoms with Crippen LogP contribution in [-0.2, 0) is 13.1 Å². The van der Waals surface area contributed by atoms with Gasteiger partial charge in [-0.2, -0.15) is 5.26 Å². The van der Waals surface area contributed by atoms with Crippen molar-refractivity contribution < 1.29 is 0 Å². The van der Waals surface area contributed by atoms with Crippen molar-refractivity contribution in [2.75, 3.05) is 19.6 Å². The molecule has 1 fully saturated rings. The number of piperidine rings is 1. The largest absolute Gasteiger partial charge is 0.357 e. The number of hydrogen-bond donors (Lipinski definition) is 2. The number of likely N-dealkylation sites (tertiary alicyclic amines) is 1. The minimum atomic E-state index is 0.426. The lowest BCUT2D eigenvalue weighted by Crippen LogP contribution is -2.48. The number of nitriles is 1. The average Bonchev–Trinajstić information content (AvgIpc) is 2.75. The van der Waals surface area contributed by atoms with Gasteiger partial charge >= 0.3 is 0 Å². The number of guanidine groups is 1. The molecule has 2 aromatic rings. The number of nitrogens with one attached hydrogen (secondary N) is 2. The molecule has 1 aliphatic rings. The third-order valence-electron chi connectivity index (χ3n) is 5.09. The van der Waals surface area contributed by atoms with Crippen molar-refractivity contribution in [2.24, 2.45) is 4.99 Å². The van der Waals surface area contributed by atoms with Crippen LogP contribution in [0.15, 0.2) is 53.5 Å². The first-order valence-electron chi connectivity index (χ1n) is 10.2. The normalized spacial score (nSPS) is 15.7. The molecule has 3 rings (SSSR count). The molecule has 0 aliphatic carbocycles. The van der Waals surface area contributed by atoms with Gasteiger partial charge in [-0.1, -0.05) is 35.9 Å². The van der Waals surface area contributed by atoms with Gasteiger partial charge in [-0.05, 0) is 55.2 Å². The average molecular weight is 410 g/mol. The van der Waals surface area contributed by atoms with Crippen molar-refractivity contribution in [1.29, 1.82) is 5.26 Å². The second-order valence-corrected chi connectivity index (χ2v) is 7.76. The predicted molar refractivity (Wildman–Crippen MR) is 119 cm³/mol. The molecule has 2 N–H and O–H groups in total. The van der Waals surface area contributed by atoms with E-state index in [-0.39, 0.29) is 0 Å². The van der Waals surface area contributed by atoms with Crippen LogP contribution in [0.2, 0.25) is 5.02 Å². The highest BCUT2D eigenvalue weighted by Crippen LogP contribution is 2.16.